The third kappa shape index (κ3) is 4.23. The molecule has 0 saturated carbocycles. The number of anilines is 1. The molecule has 4 nitrogen and oxygen atoms in total. The van der Waals surface area contributed by atoms with E-state index in [0.717, 1.165) is 22.3 Å². The molecule has 1 aromatic heterocycles. The molecule has 0 fully saturated rings. The Kier molecular flexibility index (Phi) is 5.45. The zero-order valence-corrected chi connectivity index (χ0v) is 16.7. The number of benzene rings is 3. The van der Waals surface area contributed by atoms with E-state index in [4.69, 9.17) is 11.6 Å². The Morgan fingerprint density at radius 3 is 2.55 bits per heavy atom. The van der Waals surface area contributed by atoms with Gasteiger partial charge in [-0.2, -0.15) is 5.10 Å². The van der Waals surface area contributed by atoms with Gasteiger partial charge in [0, 0.05) is 28.7 Å². The summed E-state index contributed by atoms with van der Waals surface area (Å²) in [7, 11) is 0. The Balaban J connectivity index is 1.59. The summed E-state index contributed by atoms with van der Waals surface area (Å²) in [5.74, 6) is -0.161. The van der Waals surface area contributed by atoms with Crippen LogP contribution in [0.1, 0.15) is 21.5 Å². The average Bonchev–Trinajstić information content (AvgIpc) is 3.25. The van der Waals surface area contributed by atoms with Crippen LogP contribution in [0.4, 0.5) is 5.69 Å². The molecular formula is C24H20ClN3O. The monoisotopic (exact) mass is 401 g/mol. The minimum atomic E-state index is -0.161. The molecule has 4 rings (SSSR count). The van der Waals surface area contributed by atoms with Crippen LogP contribution in [0.15, 0.2) is 85.2 Å². The van der Waals surface area contributed by atoms with Gasteiger partial charge in [0.1, 0.15) is 0 Å². The Morgan fingerprint density at radius 1 is 1.00 bits per heavy atom. The molecular weight excluding hydrogens is 382 g/mol. The number of nitrogens with zero attached hydrogens (tertiary/aromatic N) is 2. The summed E-state index contributed by atoms with van der Waals surface area (Å²) in [6, 6.07) is 23.2. The van der Waals surface area contributed by atoms with Crippen molar-refractivity contribution < 1.29 is 4.79 Å². The molecule has 4 aromatic rings. The lowest BCUT2D eigenvalue weighted by Crippen LogP contribution is -2.14. The molecule has 0 aliphatic carbocycles. The molecule has 0 aliphatic rings. The number of carbonyl (C=O) groups excluding carboxylic acids is 1. The Hall–Kier alpha value is -3.37. The predicted molar refractivity (Wildman–Crippen MR) is 117 cm³/mol. The molecule has 0 aliphatic heterocycles. The van der Waals surface area contributed by atoms with Crippen molar-refractivity contribution >= 4 is 23.2 Å². The summed E-state index contributed by atoms with van der Waals surface area (Å²) >= 11 is 6.18. The number of rotatable bonds is 5. The van der Waals surface area contributed by atoms with Gasteiger partial charge in [0.05, 0.1) is 6.54 Å². The molecule has 1 amide bonds. The lowest BCUT2D eigenvalue weighted by atomic mass is 9.98. The first-order chi connectivity index (χ1) is 14.1. The number of nitrogens with one attached hydrogen (secondary N) is 1. The van der Waals surface area contributed by atoms with E-state index < -0.39 is 0 Å². The summed E-state index contributed by atoms with van der Waals surface area (Å²) in [6.07, 6.45) is 3.70. The largest absolute Gasteiger partial charge is 0.322 e. The van der Waals surface area contributed by atoms with E-state index in [1.807, 2.05) is 78.5 Å². The quantitative estimate of drug-likeness (QED) is 0.458. The lowest BCUT2D eigenvalue weighted by Gasteiger charge is -2.13. The first-order valence-corrected chi connectivity index (χ1v) is 9.72. The van der Waals surface area contributed by atoms with Crippen molar-refractivity contribution in [1.29, 1.82) is 0 Å². The van der Waals surface area contributed by atoms with Crippen molar-refractivity contribution in [2.75, 3.05) is 5.32 Å². The number of amides is 1. The normalized spacial score (nSPS) is 10.7. The molecule has 3 aromatic carbocycles. The van der Waals surface area contributed by atoms with Crippen molar-refractivity contribution in [2.24, 2.45) is 0 Å². The fraction of sp³-hybridized carbons (Fsp3) is 0.0833. The topological polar surface area (TPSA) is 46.9 Å². The highest BCUT2D eigenvalue weighted by Gasteiger charge is 2.14. The van der Waals surface area contributed by atoms with Crippen molar-refractivity contribution in [3.63, 3.8) is 0 Å². The van der Waals surface area contributed by atoms with Crippen molar-refractivity contribution in [1.82, 2.24) is 9.78 Å². The zero-order valence-electron chi connectivity index (χ0n) is 16.0. The van der Waals surface area contributed by atoms with Gasteiger partial charge in [0.2, 0.25) is 0 Å². The predicted octanol–water partition coefficient (Wildman–Crippen LogP) is 5.81. The maximum absolute atomic E-state index is 13.0. The highest BCUT2D eigenvalue weighted by atomic mass is 35.5. The zero-order chi connectivity index (χ0) is 20.2. The van der Waals surface area contributed by atoms with Gasteiger partial charge in [-0.05, 0) is 53.4 Å². The Labute approximate surface area is 174 Å². The molecule has 1 heterocycles. The van der Waals surface area contributed by atoms with Crippen LogP contribution >= 0.6 is 11.6 Å². The smallest absolute Gasteiger partial charge is 0.256 e. The van der Waals surface area contributed by atoms with E-state index in [1.165, 1.54) is 0 Å². The molecule has 0 unspecified atom stereocenters. The molecule has 0 saturated heterocycles. The highest BCUT2D eigenvalue weighted by molar-refractivity contribution is 6.31. The first kappa shape index (κ1) is 19.0. The van der Waals surface area contributed by atoms with Gasteiger partial charge in [-0.15, -0.1) is 0 Å². The Bertz CT molecular complexity index is 1140. The van der Waals surface area contributed by atoms with Gasteiger partial charge >= 0.3 is 0 Å². The van der Waals surface area contributed by atoms with E-state index in [-0.39, 0.29) is 5.91 Å². The third-order valence-corrected chi connectivity index (χ3v) is 5.27. The Morgan fingerprint density at radius 2 is 1.79 bits per heavy atom. The van der Waals surface area contributed by atoms with Crippen LogP contribution in [0.25, 0.3) is 11.1 Å². The molecule has 0 atom stereocenters. The molecule has 0 bridgehead atoms. The van der Waals surface area contributed by atoms with Crippen LogP contribution in [-0.2, 0) is 6.54 Å². The fourth-order valence-corrected chi connectivity index (χ4v) is 3.41. The second-order valence-corrected chi connectivity index (χ2v) is 7.22. The second kappa shape index (κ2) is 8.33. The first-order valence-electron chi connectivity index (χ1n) is 9.34. The SMILES string of the molecule is Cc1c(Cl)cccc1NC(=O)c1ccccc1-c1ccc(Cn2cccn2)cc1. The van der Waals surface area contributed by atoms with Crippen LogP contribution in [0.2, 0.25) is 5.02 Å². The molecule has 5 heteroatoms. The maximum atomic E-state index is 13.0. The number of aromatic nitrogens is 2. The van der Waals surface area contributed by atoms with Crippen LogP contribution in [0.3, 0.4) is 0 Å². The molecule has 144 valence electrons. The molecule has 1 N–H and O–H groups in total. The summed E-state index contributed by atoms with van der Waals surface area (Å²) in [4.78, 5) is 13.0. The van der Waals surface area contributed by atoms with Crippen LogP contribution < -0.4 is 5.32 Å². The number of halogens is 1. The van der Waals surface area contributed by atoms with E-state index in [0.29, 0.717) is 22.8 Å². The molecule has 0 spiro atoms. The summed E-state index contributed by atoms with van der Waals surface area (Å²) in [6.45, 7) is 2.60. The van der Waals surface area contributed by atoms with Gasteiger partial charge in [0.25, 0.3) is 5.91 Å². The standard InChI is InChI=1S/C24H20ClN3O/c1-17-22(25)8-4-9-23(17)27-24(29)21-7-3-2-6-20(21)19-12-10-18(11-13-19)16-28-15-5-14-26-28/h2-15H,16H2,1H3,(H,27,29). The van der Waals surface area contributed by atoms with Crippen LogP contribution in [-0.4, -0.2) is 15.7 Å². The molecule has 29 heavy (non-hydrogen) atoms. The second-order valence-electron chi connectivity index (χ2n) is 6.81. The van der Waals surface area contributed by atoms with Gasteiger partial charge in [-0.3, -0.25) is 9.48 Å². The van der Waals surface area contributed by atoms with Crippen molar-refractivity contribution in [2.45, 2.75) is 13.5 Å². The van der Waals surface area contributed by atoms with Crippen molar-refractivity contribution in [3.05, 3.63) is 107 Å². The number of hydrogen-bond acceptors (Lipinski definition) is 2. The summed E-state index contributed by atoms with van der Waals surface area (Å²) < 4.78 is 1.88. The number of carbonyl (C=O) groups is 1. The fourth-order valence-electron chi connectivity index (χ4n) is 3.24. The average molecular weight is 402 g/mol. The number of hydrogen-bond donors (Lipinski definition) is 1. The van der Waals surface area contributed by atoms with Crippen molar-refractivity contribution in [3.8, 4) is 11.1 Å². The van der Waals surface area contributed by atoms with Crippen LogP contribution in [0, 0.1) is 6.92 Å². The third-order valence-electron chi connectivity index (χ3n) is 4.86. The lowest BCUT2D eigenvalue weighted by molar-refractivity contribution is 0.102. The summed E-state index contributed by atoms with van der Waals surface area (Å²) in [5, 5.41) is 7.85. The van der Waals surface area contributed by atoms with E-state index in [1.54, 1.807) is 6.20 Å². The van der Waals surface area contributed by atoms with Crippen LogP contribution in [0.5, 0.6) is 0 Å². The highest BCUT2D eigenvalue weighted by Crippen LogP contribution is 2.27. The minimum Gasteiger partial charge on any atom is -0.322 e. The van der Waals surface area contributed by atoms with E-state index in [9.17, 15) is 4.79 Å². The summed E-state index contributed by atoms with van der Waals surface area (Å²) in [5.41, 5.74) is 5.20. The minimum absolute atomic E-state index is 0.161. The molecule has 0 radical (unpaired) electrons. The van der Waals surface area contributed by atoms with Gasteiger partial charge < -0.3 is 5.32 Å². The van der Waals surface area contributed by atoms with Gasteiger partial charge in [0.15, 0.2) is 0 Å². The van der Waals surface area contributed by atoms with E-state index >= 15 is 0 Å². The van der Waals surface area contributed by atoms with Gasteiger partial charge in [-0.25, -0.2) is 0 Å². The maximum Gasteiger partial charge on any atom is 0.256 e. The van der Waals surface area contributed by atoms with E-state index in [2.05, 4.69) is 22.5 Å². The van der Waals surface area contributed by atoms with Gasteiger partial charge in [-0.1, -0.05) is 60.1 Å².